The molecule has 0 bridgehead atoms. The molecule has 1 atom stereocenters. The number of carbonyl (C=O) groups is 1. The zero-order valence-electron chi connectivity index (χ0n) is 18.9. The Hall–Kier alpha value is -3.28. The van der Waals surface area contributed by atoms with Crippen LogP contribution in [0.1, 0.15) is 31.7 Å². The summed E-state index contributed by atoms with van der Waals surface area (Å²) in [6, 6.07) is 3.60. The Morgan fingerprint density at radius 2 is 1.94 bits per heavy atom. The van der Waals surface area contributed by atoms with E-state index in [-0.39, 0.29) is 29.0 Å². The van der Waals surface area contributed by atoms with Crippen molar-refractivity contribution in [3.05, 3.63) is 29.8 Å². The van der Waals surface area contributed by atoms with Crippen LogP contribution < -0.4 is 26.8 Å². The van der Waals surface area contributed by atoms with Crippen LogP contribution >= 0.6 is 0 Å². The van der Waals surface area contributed by atoms with Gasteiger partial charge in [0, 0.05) is 5.69 Å². The molecule has 0 spiro atoms. The molecule has 0 unspecified atom stereocenters. The second-order valence-corrected chi connectivity index (χ2v) is 7.65. The van der Waals surface area contributed by atoms with E-state index in [9.17, 15) is 18.0 Å². The highest BCUT2D eigenvalue weighted by Gasteiger charge is 2.31. The molecule has 0 saturated heterocycles. The first-order valence-corrected chi connectivity index (χ1v) is 10.5. The second-order valence-electron chi connectivity index (χ2n) is 7.65. The molecule has 6 N–H and O–H groups in total. The van der Waals surface area contributed by atoms with Crippen LogP contribution in [0, 0.1) is 0 Å². The number of halogens is 3. The van der Waals surface area contributed by atoms with Crippen molar-refractivity contribution in [3.63, 3.8) is 0 Å². The van der Waals surface area contributed by atoms with Crippen molar-refractivity contribution in [1.82, 2.24) is 14.9 Å². The zero-order valence-corrected chi connectivity index (χ0v) is 18.9. The highest BCUT2D eigenvalue weighted by atomic mass is 19.4. The number of nitrogens with one attached hydrogen (secondary N) is 2. The minimum atomic E-state index is -4.52. The molecule has 12 heteroatoms. The maximum absolute atomic E-state index is 13.0. The van der Waals surface area contributed by atoms with Crippen molar-refractivity contribution in [2.75, 3.05) is 49.3 Å². The minimum Gasteiger partial charge on any atom is -0.476 e. The Balaban J connectivity index is 2.24. The predicted molar refractivity (Wildman–Crippen MR) is 122 cm³/mol. The van der Waals surface area contributed by atoms with E-state index in [1.807, 2.05) is 19.0 Å². The third kappa shape index (κ3) is 7.97. The summed E-state index contributed by atoms with van der Waals surface area (Å²) in [6.45, 7) is 2.87. The first kappa shape index (κ1) is 26.0. The lowest BCUT2D eigenvalue weighted by Crippen LogP contribution is -2.35. The third-order valence-corrected chi connectivity index (χ3v) is 4.64. The van der Waals surface area contributed by atoms with E-state index in [1.165, 1.54) is 12.1 Å². The van der Waals surface area contributed by atoms with Gasteiger partial charge in [0.1, 0.15) is 11.7 Å². The van der Waals surface area contributed by atoms with Gasteiger partial charge in [-0.2, -0.15) is 23.1 Å². The van der Waals surface area contributed by atoms with E-state index in [2.05, 4.69) is 20.6 Å². The minimum absolute atomic E-state index is 0.0279. The van der Waals surface area contributed by atoms with Gasteiger partial charge in [0.25, 0.3) is 0 Å². The fourth-order valence-corrected chi connectivity index (χ4v) is 3.04. The normalized spacial score (nSPS) is 12.5. The maximum Gasteiger partial charge on any atom is 0.416 e. The summed E-state index contributed by atoms with van der Waals surface area (Å²) < 4.78 is 44.4. The summed E-state index contributed by atoms with van der Waals surface area (Å²) in [7, 11) is 3.88. The molecule has 0 aliphatic carbocycles. The smallest absolute Gasteiger partial charge is 0.416 e. The summed E-state index contributed by atoms with van der Waals surface area (Å²) in [5.74, 6) is -0.437. The van der Waals surface area contributed by atoms with Gasteiger partial charge in [0.2, 0.25) is 17.7 Å². The number of ether oxygens (including phenoxy) is 1. The van der Waals surface area contributed by atoms with Crippen molar-refractivity contribution >= 4 is 29.0 Å². The van der Waals surface area contributed by atoms with E-state index in [0.717, 1.165) is 25.1 Å². The van der Waals surface area contributed by atoms with Crippen molar-refractivity contribution in [3.8, 4) is 5.88 Å². The molecule has 0 fully saturated rings. The van der Waals surface area contributed by atoms with Gasteiger partial charge in [-0.1, -0.05) is 6.07 Å². The summed E-state index contributed by atoms with van der Waals surface area (Å²) in [6.07, 6.45) is -2.66. The van der Waals surface area contributed by atoms with Gasteiger partial charge in [-0.25, -0.2) is 0 Å². The number of aromatic nitrogens is 2. The lowest BCUT2D eigenvalue weighted by Gasteiger charge is -2.21. The van der Waals surface area contributed by atoms with Crippen LogP contribution in [-0.2, 0) is 11.0 Å². The fraction of sp³-hybridized carbons (Fsp3) is 0.476. The summed E-state index contributed by atoms with van der Waals surface area (Å²) in [5, 5.41) is 5.50. The van der Waals surface area contributed by atoms with Crippen LogP contribution in [0.4, 0.5) is 36.3 Å². The number of nitrogens with zero attached hydrogens (tertiary/aromatic N) is 3. The molecule has 182 valence electrons. The van der Waals surface area contributed by atoms with Gasteiger partial charge in [-0.15, -0.1) is 0 Å². The molecule has 1 amide bonds. The number of hydrogen-bond acceptors (Lipinski definition) is 8. The van der Waals surface area contributed by atoms with Crippen LogP contribution in [0.25, 0.3) is 0 Å². The van der Waals surface area contributed by atoms with Gasteiger partial charge in [0.05, 0.1) is 12.2 Å². The van der Waals surface area contributed by atoms with Crippen LogP contribution in [0.5, 0.6) is 5.88 Å². The molecule has 2 rings (SSSR count). The molecule has 33 heavy (non-hydrogen) atoms. The quantitative estimate of drug-likeness (QED) is 0.369. The number of anilines is 4. The molecule has 1 aromatic carbocycles. The van der Waals surface area contributed by atoms with Gasteiger partial charge in [-0.05, 0) is 65.0 Å². The number of alkyl halides is 3. The average Bonchev–Trinajstić information content (AvgIpc) is 2.73. The number of nitrogens with two attached hydrogens (primary N) is 2. The highest BCUT2D eigenvalue weighted by Crippen LogP contribution is 2.31. The van der Waals surface area contributed by atoms with E-state index < -0.39 is 23.7 Å². The second kappa shape index (κ2) is 11.5. The number of rotatable bonds is 11. The first-order valence-electron chi connectivity index (χ1n) is 10.5. The standard InChI is InChI=1S/C21H30F3N7O2/c1-4-33-19-16(25)17(29-20(26)30-19)28-15(10-5-6-11-31(2)3)18(32)27-14-9-7-8-13(12-14)21(22,23)24/h7-9,12,15H,4-6,10-11,25H2,1-3H3,(H,27,32)(H3,26,28,29,30)/t15-/m0/s1. The summed E-state index contributed by atoms with van der Waals surface area (Å²) >= 11 is 0. The van der Waals surface area contributed by atoms with E-state index in [1.54, 1.807) is 6.92 Å². The molecule has 1 aromatic heterocycles. The lowest BCUT2D eigenvalue weighted by molar-refractivity contribution is -0.137. The predicted octanol–water partition coefficient (Wildman–Crippen LogP) is 3.21. The van der Waals surface area contributed by atoms with E-state index in [0.29, 0.717) is 19.4 Å². The SMILES string of the molecule is CCOc1nc(N)nc(N[C@@H](CCCCN(C)C)C(=O)Nc2cccc(C(F)(F)F)c2)c1N. The molecule has 9 nitrogen and oxygen atoms in total. The van der Waals surface area contributed by atoms with Crippen molar-refractivity contribution in [2.24, 2.45) is 0 Å². The van der Waals surface area contributed by atoms with E-state index in [4.69, 9.17) is 16.2 Å². The van der Waals surface area contributed by atoms with Gasteiger partial charge in [0.15, 0.2) is 5.82 Å². The Labute approximate surface area is 190 Å². The molecule has 0 radical (unpaired) electrons. The first-order chi connectivity index (χ1) is 15.5. The maximum atomic E-state index is 13.0. The largest absolute Gasteiger partial charge is 0.476 e. The Morgan fingerprint density at radius 1 is 1.21 bits per heavy atom. The van der Waals surface area contributed by atoms with Gasteiger partial charge >= 0.3 is 6.18 Å². The Morgan fingerprint density at radius 3 is 2.58 bits per heavy atom. The molecule has 1 heterocycles. The molecule has 0 aliphatic heterocycles. The average molecular weight is 470 g/mol. The van der Waals surface area contributed by atoms with Gasteiger partial charge < -0.3 is 31.7 Å². The molecule has 2 aromatic rings. The molecular formula is C21H30F3N7O2. The number of benzene rings is 1. The summed E-state index contributed by atoms with van der Waals surface area (Å²) in [4.78, 5) is 23.0. The monoisotopic (exact) mass is 469 g/mol. The molecule has 0 aliphatic rings. The number of carbonyl (C=O) groups excluding carboxylic acids is 1. The third-order valence-electron chi connectivity index (χ3n) is 4.64. The van der Waals surface area contributed by atoms with Crippen LogP contribution in [-0.4, -0.2) is 54.1 Å². The van der Waals surface area contributed by atoms with E-state index >= 15 is 0 Å². The van der Waals surface area contributed by atoms with Crippen LogP contribution in [0.3, 0.4) is 0 Å². The summed E-state index contributed by atoms with van der Waals surface area (Å²) in [5.41, 5.74) is 11.1. The zero-order chi connectivity index (χ0) is 24.6. The Kier molecular flexibility index (Phi) is 9.09. The van der Waals surface area contributed by atoms with Crippen LogP contribution in [0.2, 0.25) is 0 Å². The molecular weight excluding hydrogens is 439 g/mol. The van der Waals surface area contributed by atoms with Crippen molar-refractivity contribution < 1.29 is 22.7 Å². The van der Waals surface area contributed by atoms with Crippen LogP contribution in [0.15, 0.2) is 24.3 Å². The number of nitrogen functional groups attached to an aromatic ring is 2. The van der Waals surface area contributed by atoms with Gasteiger partial charge in [-0.3, -0.25) is 4.79 Å². The lowest BCUT2D eigenvalue weighted by atomic mass is 10.1. The Bertz CT molecular complexity index is 939. The van der Waals surface area contributed by atoms with Crippen molar-refractivity contribution in [1.29, 1.82) is 0 Å². The van der Waals surface area contributed by atoms with Crippen molar-refractivity contribution in [2.45, 2.75) is 38.4 Å². The highest BCUT2D eigenvalue weighted by molar-refractivity contribution is 5.97. The number of amides is 1. The topological polar surface area (TPSA) is 131 Å². The number of unbranched alkanes of at least 4 members (excludes halogenated alkanes) is 1. The fourth-order valence-electron chi connectivity index (χ4n) is 3.04. The molecule has 0 saturated carbocycles. The number of hydrogen-bond donors (Lipinski definition) is 4.